The third kappa shape index (κ3) is 4.79. The van der Waals surface area contributed by atoms with Crippen LogP contribution in [0.5, 0.6) is 0 Å². The van der Waals surface area contributed by atoms with Gasteiger partial charge in [-0.15, -0.1) is 0 Å². The Hall–Kier alpha value is -2.94. The van der Waals surface area contributed by atoms with Crippen molar-refractivity contribution >= 4 is 11.9 Å². The largest absolute Gasteiger partial charge is 0.479 e. The van der Waals surface area contributed by atoms with Crippen molar-refractivity contribution in [1.82, 2.24) is 5.32 Å². The van der Waals surface area contributed by atoms with Crippen LogP contribution in [0, 0.1) is 5.82 Å². The number of hydrogen-bond donors (Lipinski definition) is 2. The normalized spacial score (nSPS) is 18.9. The molecule has 1 atom stereocenters. The Morgan fingerprint density at radius 2 is 1.77 bits per heavy atom. The number of ether oxygens (including phenoxy) is 1. The number of alkyl halides is 3. The third-order valence-corrected chi connectivity index (χ3v) is 5.00. The van der Waals surface area contributed by atoms with Gasteiger partial charge in [0.2, 0.25) is 0 Å². The number of carboxylic acid groups (broad SMARTS) is 1. The van der Waals surface area contributed by atoms with E-state index in [2.05, 4.69) is 5.32 Å². The van der Waals surface area contributed by atoms with E-state index in [-0.39, 0.29) is 19.0 Å². The van der Waals surface area contributed by atoms with Gasteiger partial charge in [-0.1, -0.05) is 24.3 Å². The molecule has 0 aromatic heterocycles. The Balaban J connectivity index is 1.61. The van der Waals surface area contributed by atoms with E-state index in [0.29, 0.717) is 31.1 Å². The molecular formula is C21H19F4NO4. The lowest BCUT2D eigenvalue weighted by atomic mass is 9.91. The van der Waals surface area contributed by atoms with Crippen LogP contribution in [0.1, 0.15) is 39.9 Å². The van der Waals surface area contributed by atoms with Crippen LogP contribution in [-0.4, -0.2) is 29.2 Å². The molecule has 1 unspecified atom stereocenters. The second-order valence-corrected chi connectivity index (χ2v) is 7.12. The quantitative estimate of drug-likeness (QED) is 0.688. The second-order valence-electron chi connectivity index (χ2n) is 7.12. The average molecular weight is 425 g/mol. The van der Waals surface area contributed by atoms with Crippen molar-refractivity contribution in [3.63, 3.8) is 0 Å². The molecule has 0 bridgehead atoms. The lowest BCUT2D eigenvalue weighted by molar-refractivity contribution is -0.159. The zero-order valence-electron chi connectivity index (χ0n) is 15.8. The van der Waals surface area contributed by atoms with E-state index in [1.54, 1.807) is 24.3 Å². The minimum Gasteiger partial charge on any atom is -0.479 e. The standard InChI is InChI=1S/C21H19F4NO4/c22-17-10-15(21(23,24)25)6-7-16(17)18(27)26-12-14-4-2-13(3-5-14)11-20(19(28)29)8-1-9-30-20/h2-7,10H,1,8-9,11-12H2,(H,26,27)(H,28,29). The SMILES string of the molecule is O=C(NCc1ccc(CC2(C(=O)O)CCCO2)cc1)c1ccc(C(F)(F)F)cc1F. The van der Waals surface area contributed by atoms with Gasteiger partial charge in [-0.3, -0.25) is 4.79 Å². The molecule has 0 radical (unpaired) electrons. The minimum absolute atomic E-state index is 0.0279. The van der Waals surface area contributed by atoms with Gasteiger partial charge in [0.25, 0.3) is 5.91 Å². The van der Waals surface area contributed by atoms with Crippen molar-refractivity contribution in [3.8, 4) is 0 Å². The van der Waals surface area contributed by atoms with Crippen molar-refractivity contribution in [2.75, 3.05) is 6.61 Å². The Morgan fingerprint density at radius 1 is 1.10 bits per heavy atom. The zero-order chi connectivity index (χ0) is 21.9. The van der Waals surface area contributed by atoms with E-state index in [1.165, 1.54) is 0 Å². The molecule has 1 aliphatic rings. The highest BCUT2D eigenvalue weighted by Gasteiger charge is 2.42. The third-order valence-electron chi connectivity index (χ3n) is 5.00. The number of aliphatic carboxylic acids is 1. The van der Waals surface area contributed by atoms with E-state index in [4.69, 9.17) is 4.74 Å². The molecule has 5 nitrogen and oxygen atoms in total. The molecule has 2 aromatic carbocycles. The van der Waals surface area contributed by atoms with Gasteiger partial charge >= 0.3 is 12.1 Å². The second kappa shape index (κ2) is 8.43. The summed E-state index contributed by atoms with van der Waals surface area (Å²) in [6, 6.07) is 8.53. The number of amides is 1. The summed E-state index contributed by atoms with van der Waals surface area (Å²) in [5.74, 6) is -3.10. The first-order valence-electron chi connectivity index (χ1n) is 9.21. The summed E-state index contributed by atoms with van der Waals surface area (Å²) in [6.45, 7) is 0.428. The van der Waals surface area contributed by atoms with Gasteiger partial charge in [0.1, 0.15) is 5.82 Å². The van der Waals surface area contributed by atoms with Gasteiger partial charge in [-0.2, -0.15) is 13.2 Å². The Kier molecular flexibility index (Phi) is 6.12. The van der Waals surface area contributed by atoms with Crippen LogP contribution >= 0.6 is 0 Å². The van der Waals surface area contributed by atoms with Crippen LogP contribution in [0.3, 0.4) is 0 Å². The maximum atomic E-state index is 13.9. The first-order chi connectivity index (χ1) is 14.1. The molecule has 1 saturated heterocycles. The van der Waals surface area contributed by atoms with Crippen LogP contribution in [0.2, 0.25) is 0 Å². The molecule has 0 aliphatic carbocycles. The Morgan fingerprint density at radius 3 is 2.30 bits per heavy atom. The van der Waals surface area contributed by atoms with Crippen molar-refractivity contribution < 1.29 is 37.0 Å². The molecule has 0 spiro atoms. The van der Waals surface area contributed by atoms with Gasteiger partial charge < -0.3 is 15.2 Å². The molecule has 1 aliphatic heterocycles. The molecular weight excluding hydrogens is 406 g/mol. The zero-order valence-corrected chi connectivity index (χ0v) is 15.8. The first kappa shape index (κ1) is 21.8. The van der Waals surface area contributed by atoms with Gasteiger partial charge in [-0.25, -0.2) is 9.18 Å². The van der Waals surface area contributed by atoms with E-state index in [0.717, 1.165) is 11.6 Å². The molecule has 160 valence electrons. The van der Waals surface area contributed by atoms with Crippen LogP contribution in [-0.2, 0) is 28.7 Å². The molecule has 30 heavy (non-hydrogen) atoms. The summed E-state index contributed by atoms with van der Waals surface area (Å²) in [6.07, 6.45) is -3.37. The van der Waals surface area contributed by atoms with Crippen LogP contribution in [0.15, 0.2) is 42.5 Å². The highest BCUT2D eigenvalue weighted by Crippen LogP contribution is 2.31. The minimum atomic E-state index is -4.69. The first-order valence-corrected chi connectivity index (χ1v) is 9.21. The summed E-state index contributed by atoms with van der Waals surface area (Å²) in [5.41, 5.74) is -1.46. The number of halogens is 4. The van der Waals surface area contributed by atoms with Gasteiger partial charge in [0.05, 0.1) is 11.1 Å². The van der Waals surface area contributed by atoms with Gasteiger partial charge in [0, 0.05) is 19.6 Å². The molecule has 2 N–H and O–H groups in total. The van der Waals surface area contributed by atoms with Gasteiger partial charge in [0.15, 0.2) is 5.60 Å². The van der Waals surface area contributed by atoms with E-state index in [9.17, 15) is 32.3 Å². The number of nitrogens with one attached hydrogen (secondary N) is 1. The number of carboxylic acids is 1. The molecule has 2 aromatic rings. The average Bonchev–Trinajstić information content (AvgIpc) is 3.16. The molecule has 1 heterocycles. The van der Waals surface area contributed by atoms with Crippen molar-refractivity contribution in [2.24, 2.45) is 0 Å². The fourth-order valence-electron chi connectivity index (χ4n) is 3.34. The lowest BCUT2D eigenvalue weighted by Crippen LogP contribution is -2.40. The summed E-state index contributed by atoms with van der Waals surface area (Å²) < 4.78 is 57.1. The summed E-state index contributed by atoms with van der Waals surface area (Å²) in [7, 11) is 0. The summed E-state index contributed by atoms with van der Waals surface area (Å²) >= 11 is 0. The highest BCUT2D eigenvalue weighted by atomic mass is 19.4. The number of carbonyl (C=O) groups excluding carboxylic acids is 1. The number of rotatable bonds is 6. The van der Waals surface area contributed by atoms with E-state index in [1.807, 2.05) is 0 Å². The molecule has 0 saturated carbocycles. The summed E-state index contributed by atoms with van der Waals surface area (Å²) in [5, 5.41) is 11.9. The fourth-order valence-corrected chi connectivity index (χ4v) is 3.34. The van der Waals surface area contributed by atoms with Gasteiger partial charge in [-0.05, 0) is 42.2 Å². The molecule has 1 fully saturated rings. The van der Waals surface area contributed by atoms with Crippen LogP contribution < -0.4 is 5.32 Å². The predicted octanol–water partition coefficient (Wildman–Crippen LogP) is 3.95. The topological polar surface area (TPSA) is 75.6 Å². The monoisotopic (exact) mass is 425 g/mol. The smallest absolute Gasteiger partial charge is 0.416 e. The Bertz CT molecular complexity index is 935. The maximum absolute atomic E-state index is 13.9. The molecule has 9 heteroatoms. The summed E-state index contributed by atoms with van der Waals surface area (Å²) in [4.78, 5) is 23.6. The van der Waals surface area contributed by atoms with Crippen molar-refractivity contribution in [2.45, 2.75) is 37.6 Å². The van der Waals surface area contributed by atoms with Crippen molar-refractivity contribution in [1.29, 1.82) is 0 Å². The predicted molar refractivity (Wildman–Crippen MR) is 98.3 cm³/mol. The molecule has 1 amide bonds. The Labute approximate surface area is 169 Å². The number of hydrogen-bond acceptors (Lipinski definition) is 3. The maximum Gasteiger partial charge on any atom is 0.416 e. The van der Waals surface area contributed by atoms with E-state index < -0.39 is 40.6 Å². The highest BCUT2D eigenvalue weighted by molar-refractivity contribution is 5.94. The number of carbonyl (C=O) groups is 2. The van der Waals surface area contributed by atoms with Crippen LogP contribution in [0.4, 0.5) is 17.6 Å². The fraction of sp³-hybridized carbons (Fsp3) is 0.333. The number of benzene rings is 2. The lowest BCUT2D eigenvalue weighted by Gasteiger charge is -2.23. The van der Waals surface area contributed by atoms with Crippen molar-refractivity contribution in [3.05, 3.63) is 70.5 Å². The van der Waals surface area contributed by atoms with E-state index >= 15 is 0 Å². The molecule has 3 rings (SSSR count). The van der Waals surface area contributed by atoms with Crippen LogP contribution in [0.25, 0.3) is 0 Å².